The van der Waals surface area contributed by atoms with Crippen LogP contribution in [0.2, 0.25) is 0 Å². The number of methoxy groups -OCH3 is 2. The molecule has 2 atom stereocenters. The highest BCUT2D eigenvalue weighted by Crippen LogP contribution is 2.21. The first kappa shape index (κ1) is 22.2. The van der Waals surface area contributed by atoms with Crippen LogP contribution >= 0.6 is 0 Å². The second kappa shape index (κ2) is 11.0. The van der Waals surface area contributed by atoms with E-state index in [9.17, 15) is 14.4 Å². The predicted octanol–water partition coefficient (Wildman–Crippen LogP) is 1.21. The molecule has 1 heterocycles. The highest BCUT2D eigenvalue weighted by atomic mass is 16.5. The van der Waals surface area contributed by atoms with Gasteiger partial charge in [-0.3, -0.25) is 14.6 Å². The van der Waals surface area contributed by atoms with Crippen LogP contribution in [0.3, 0.4) is 0 Å². The van der Waals surface area contributed by atoms with Crippen molar-refractivity contribution in [1.82, 2.24) is 10.3 Å². The van der Waals surface area contributed by atoms with E-state index in [1.807, 2.05) is 0 Å². The molecule has 0 saturated heterocycles. The molecule has 0 spiro atoms. The monoisotopic (exact) mass is 379 g/mol. The Morgan fingerprint density at radius 3 is 2.52 bits per heavy atom. The Morgan fingerprint density at radius 2 is 1.96 bits per heavy atom. The average molecular weight is 379 g/mol. The zero-order valence-corrected chi connectivity index (χ0v) is 15.9. The lowest BCUT2D eigenvalue weighted by Gasteiger charge is -2.22. The number of hydrogen-bond donors (Lipinski definition) is 2. The molecule has 0 bridgehead atoms. The highest BCUT2D eigenvalue weighted by molar-refractivity contribution is 6.26. The van der Waals surface area contributed by atoms with Crippen molar-refractivity contribution in [3.05, 3.63) is 24.0 Å². The molecule has 0 fully saturated rings. The summed E-state index contributed by atoms with van der Waals surface area (Å²) in [7, 11) is 2.82. The molecule has 9 heteroatoms. The molecule has 2 N–H and O–H groups in total. The third kappa shape index (κ3) is 7.14. The van der Waals surface area contributed by atoms with Crippen molar-refractivity contribution in [1.29, 1.82) is 5.41 Å². The van der Waals surface area contributed by atoms with Gasteiger partial charge in [-0.2, -0.15) is 0 Å². The lowest BCUT2D eigenvalue weighted by atomic mass is 10.1. The summed E-state index contributed by atoms with van der Waals surface area (Å²) >= 11 is 0. The van der Waals surface area contributed by atoms with Crippen molar-refractivity contribution in [2.75, 3.05) is 14.2 Å². The van der Waals surface area contributed by atoms with Gasteiger partial charge in [0.1, 0.15) is 11.8 Å². The van der Waals surface area contributed by atoms with Crippen molar-refractivity contribution in [3.8, 4) is 5.75 Å². The molecule has 9 nitrogen and oxygen atoms in total. The molecule has 0 aromatic carbocycles. The minimum Gasteiger partial charge on any atom is -0.495 e. The number of aromatic nitrogens is 1. The Labute approximate surface area is 157 Å². The van der Waals surface area contributed by atoms with Gasteiger partial charge in [0.05, 0.1) is 25.6 Å². The third-order valence-corrected chi connectivity index (χ3v) is 3.54. The van der Waals surface area contributed by atoms with Gasteiger partial charge in [0, 0.05) is 25.3 Å². The van der Waals surface area contributed by atoms with Crippen molar-refractivity contribution in [2.45, 2.75) is 44.9 Å². The number of amides is 1. The molecule has 0 aliphatic rings. The molecule has 1 rings (SSSR count). The van der Waals surface area contributed by atoms with Crippen LogP contribution in [-0.2, 0) is 23.9 Å². The number of rotatable bonds is 11. The standard InChI is InChI=1S/C18H25N3O6/c1-11(2)27-18(24)15(6-5-13(22)8-19)21-17(23)16(26-4)12-7-14(25-3)10-20-9-12/h7-11,15-16,19H,5-6H2,1-4H3,(H,21,23)/t15-,16-/m0/s1. The topological polar surface area (TPSA) is 128 Å². The first-order chi connectivity index (χ1) is 12.8. The van der Waals surface area contributed by atoms with E-state index in [4.69, 9.17) is 19.6 Å². The van der Waals surface area contributed by atoms with Gasteiger partial charge in [0.25, 0.3) is 5.91 Å². The average Bonchev–Trinajstić information content (AvgIpc) is 2.64. The summed E-state index contributed by atoms with van der Waals surface area (Å²) in [5, 5.41) is 9.50. The lowest BCUT2D eigenvalue weighted by Crippen LogP contribution is -2.45. The van der Waals surface area contributed by atoms with E-state index >= 15 is 0 Å². The second-order valence-electron chi connectivity index (χ2n) is 5.97. The molecular formula is C18H25N3O6. The molecule has 0 radical (unpaired) electrons. The lowest BCUT2D eigenvalue weighted by molar-refractivity contribution is -0.152. The summed E-state index contributed by atoms with van der Waals surface area (Å²) < 4.78 is 15.5. The molecule has 1 aromatic rings. The molecule has 0 aliphatic carbocycles. The van der Waals surface area contributed by atoms with Crippen LogP contribution < -0.4 is 10.1 Å². The van der Waals surface area contributed by atoms with Gasteiger partial charge in [-0.15, -0.1) is 0 Å². The first-order valence-electron chi connectivity index (χ1n) is 8.38. The van der Waals surface area contributed by atoms with E-state index in [0.29, 0.717) is 17.5 Å². The quantitative estimate of drug-likeness (QED) is 0.437. The molecule has 148 valence electrons. The highest BCUT2D eigenvalue weighted by Gasteiger charge is 2.28. The van der Waals surface area contributed by atoms with Gasteiger partial charge in [0.2, 0.25) is 0 Å². The Bertz CT molecular complexity index is 677. The minimum absolute atomic E-state index is 0.0122. The van der Waals surface area contributed by atoms with E-state index in [1.165, 1.54) is 26.6 Å². The first-order valence-corrected chi connectivity index (χ1v) is 8.38. The van der Waals surface area contributed by atoms with Crippen LogP contribution in [0.4, 0.5) is 0 Å². The van der Waals surface area contributed by atoms with Crippen LogP contribution in [-0.4, -0.2) is 55.2 Å². The largest absolute Gasteiger partial charge is 0.495 e. The van der Waals surface area contributed by atoms with Crippen molar-refractivity contribution in [3.63, 3.8) is 0 Å². The number of nitrogens with zero attached hydrogens (tertiary/aromatic N) is 1. The molecule has 27 heavy (non-hydrogen) atoms. The maximum atomic E-state index is 12.6. The van der Waals surface area contributed by atoms with Crippen molar-refractivity contribution >= 4 is 23.9 Å². The Morgan fingerprint density at radius 1 is 1.26 bits per heavy atom. The summed E-state index contributed by atoms with van der Waals surface area (Å²) in [5.74, 6) is -1.24. The predicted molar refractivity (Wildman–Crippen MR) is 96.7 cm³/mol. The summed E-state index contributed by atoms with van der Waals surface area (Å²) in [6.07, 6.45) is 2.15. The molecule has 1 amide bonds. The van der Waals surface area contributed by atoms with E-state index in [0.717, 1.165) is 0 Å². The fourth-order valence-corrected chi connectivity index (χ4v) is 2.25. The van der Waals surface area contributed by atoms with E-state index < -0.39 is 29.8 Å². The van der Waals surface area contributed by atoms with Gasteiger partial charge >= 0.3 is 5.97 Å². The Hall–Kier alpha value is -2.81. The number of Topliss-reactive ketones (excluding diaryl/α,β-unsaturated/α-hetero) is 1. The molecule has 0 aliphatic heterocycles. The SMILES string of the molecule is COc1cncc([C@H](OC)C(=O)N[C@@H](CCC(=O)C=N)C(=O)OC(C)C)c1. The second-order valence-corrected chi connectivity index (χ2v) is 5.97. The molecule has 0 unspecified atom stereocenters. The van der Waals surface area contributed by atoms with Gasteiger partial charge in [-0.1, -0.05) is 0 Å². The number of ketones is 1. The van der Waals surface area contributed by atoms with Gasteiger partial charge < -0.3 is 24.9 Å². The zero-order valence-electron chi connectivity index (χ0n) is 15.9. The van der Waals surface area contributed by atoms with Crippen molar-refractivity contribution < 1.29 is 28.6 Å². The fraction of sp³-hybridized carbons (Fsp3) is 0.500. The van der Waals surface area contributed by atoms with Crippen LogP contribution in [0.5, 0.6) is 5.75 Å². The summed E-state index contributed by atoms with van der Waals surface area (Å²) in [6, 6.07) is 0.556. The van der Waals surface area contributed by atoms with Crippen molar-refractivity contribution in [2.24, 2.45) is 0 Å². The van der Waals surface area contributed by atoms with E-state index in [-0.39, 0.29) is 18.9 Å². The molecule has 0 saturated carbocycles. The number of esters is 1. The number of pyridine rings is 1. The third-order valence-electron chi connectivity index (χ3n) is 3.54. The van der Waals surface area contributed by atoms with Crippen LogP contribution in [0.25, 0.3) is 0 Å². The van der Waals surface area contributed by atoms with Gasteiger partial charge in [0.15, 0.2) is 11.9 Å². The molecule has 1 aromatic heterocycles. The number of carbonyl (C=O) groups excluding carboxylic acids is 3. The minimum atomic E-state index is -1.04. The number of carbonyl (C=O) groups is 3. The maximum Gasteiger partial charge on any atom is 0.328 e. The van der Waals surface area contributed by atoms with Crippen LogP contribution in [0, 0.1) is 5.41 Å². The summed E-state index contributed by atoms with van der Waals surface area (Å²) in [5.41, 5.74) is 0.445. The maximum absolute atomic E-state index is 12.6. The summed E-state index contributed by atoms with van der Waals surface area (Å²) in [6.45, 7) is 3.36. The Balaban J connectivity index is 2.94. The number of nitrogens with one attached hydrogen (secondary N) is 2. The zero-order chi connectivity index (χ0) is 20.4. The fourth-order valence-electron chi connectivity index (χ4n) is 2.25. The number of hydrogen-bond acceptors (Lipinski definition) is 8. The normalized spacial score (nSPS) is 12.8. The Kier molecular flexibility index (Phi) is 9.07. The number of ether oxygens (including phenoxy) is 3. The van der Waals surface area contributed by atoms with Crippen LogP contribution in [0.1, 0.15) is 38.4 Å². The van der Waals surface area contributed by atoms with E-state index in [2.05, 4.69) is 10.3 Å². The smallest absolute Gasteiger partial charge is 0.328 e. The molecular weight excluding hydrogens is 354 g/mol. The van der Waals surface area contributed by atoms with Gasteiger partial charge in [-0.25, -0.2) is 4.79 Å². The van der Waals surface area contributed by atoms with E-state index in [1.54, 1.807) is 19.9 Å². The van der Waals surface area contributed by atoms with Crippen LogP contribution in [0.15, 0.2) is 18.5 Å². The van der Waals surface area contributed by atoms with Gasteiger partial charge in [-0.05, 0) is 26.3 Å². The summed E-state index contributed by atoms with van der Waals surface area (Å²) in [4.78, 5) is 40.3.